The first-order valence-corrected chi connectivity index (χ1v) is 8.22. The number of rotatable bonds is 4. The number of likely N-dealkylation sites (tertiary alicyclic amines) is 1. The predicted molar refractivity (Wildman–Crippen MR) is 85.9 cm³/mol. The molecule has 1 fully saturated rings. The van der Waals surface area contributed by atoms with Crippen LogP contribution < -0.4 is 0 Å². The molecule has 0 aromatic carbocycles. The predicted octanol–water partition coefficient (Wildman–Crippen LogP) is 2.28. The van der Waals surface area contributed by atoms with E-state index in [2.05, 4.69) is 14.7 Å². The molecule has 1 aliphatic heterocycles. The number of aromatic nitrogens is 3. The van der Waals surface area contributed by atoms with Gasteiger partial charge < -0.3 is 14.0 Å². The third-order valence-corrected chi connectivity index (χ3v) is 4.76. The zero-order chi connectivity index (χ0) is 16.4. The van der Waals surface area contributed by atoms with E-state index in [0.717, 1.165) is 55.3 Å². The summed E-state index contributed by atoms with van der Waals surface area (Å²) in [6, 6.07) is 0. The second-order valence-electron chi connectivity index (χ2n) is 6.45. The zero-order valence-corrected chi connectivity index (χ0v) is 14.1. The van der Waals surface area contributed by atoms with E-state index in [1.807, 2.05) is 38.1 Å². The minimum Gasteiger partial charge on any atom is -0.361 e. The Bertz CT molecular complexity index is 669. The maximum atomic E-state index is 12.6. The van der Waals surface area contributed by atoms with Gasteiger partial charge in [-0.3, -0.25) is 4.79 Å². The molecular formula is C17H24N4O2. The molecule has 6 nitrogen and oxygen atoms in total. The summed E-state index contributed by atoms with van der Waals surface area (Å²) < 4.78 is 7.33. The Morgan fingerprint density at radius 3 is 2.87 bits per heavy atom. The van der Waals surface area contributed by atoms with Crippen molar-refractivity contribution in [1.82, 2.24) is 19.6 Å². The number of amides is 1. The smallest absolute Gasteiger partial charge is 0.227 e. The molecule has 0 bridgehead atoms. The van der Waals surface area contributed by atoms with Crippen molar-refractivity contribution in [3.63, 3.8) is 0 Å². The van der Waals surface area contributed by atoms with Gasteiger partial charge in [-0.2, -0.15) is 0 Å². The van der Waals surface area contributed by atoms with Crippen LogP contribution in [0, 0.1) is 26.7 Å². The second kappa shape index (κ2) is 6.56. The van der Waals surface area contributed by atoms with Crippen LogP contribution in [0.2, 0.25) is 0 Å². The minimum atomic E-state index is 0.173. The fraction of sp³-hybridized carbons (Fsp3) is 0.588. The van der Waals surface area contributed by atoms with Crippen molar-refractivity contribution in [2.24, 2.45) is 5.92 Å². The van der Waals surface area contributed by atoms with Crippen molar-refractivity contribution in [3.8, 4) is 0 Å². The van der Waals surface area contributed by atoms with Gasteiger partial charge in [-0.25, -0.2) is 4.98 Å². The molecule has 0 aliphatic carbocycles. The molecule has 0 radical (unpaired) electrons. The molecular weight excluding hydrogens is 292 g/mol. The number of hydrogen-bond donors (Lipinski definition) is 0. The van der Waals surface area contributed by atoms with Crippen molar-refractivity contribution < 1.29 is 9.32 Å². The summed E-state index contributed by atoms with van der Waals surface area (Å²) in [7, 11) is 0. The summed E-state index contributed by atoms with van der Waals surface area (Å²) in [5.74, 6) is 2.44. The quantitative estimate of drug-likeness (QED) is 0.868. The molecule has 0 N–H and O–H groups in total. The molecule has 1 aliphatic rings. The molecule has 2 aromatic heterocycles. The first-order chi connectivity index (χ1) is 11.0. The lowest BCUT2D eigenvalue weighted by Crippen LogP contribution is -2.42. The van der Waals surface area contributed by atoms with Crippen molar-refractivity contribution >= 4 is 5.91 Å². The average molecular weight is 316 g/mol. The molecule has 2 aromatic rings. The van der Waals surface area contributed by atoms with Crippen LogP contribution in [0.25, 0.3) is 0 Å². The highest BCUT2D eigenvalue weighted by atomic mass is 16.5. The number of imidazole rings is 1. The van der Waals surface area contributed by atoms with Crippen molar-refractivity contribution in [2.45, 2.75) is 46.6 Å². The first-order valence-electron chi connectivity index (χ1n) is 8.22. The van der Waals surface area contributed by atoms with Crippen LogP contribution in [-0.2, 0) is 17.8 Å². The van der Waals surface area contributed by atoms with Gasteiger partial charge in [0.05, 0.1) is 12.1 Å². The summed E-state index contributed by atoms with van der Waals surface area (Å²) in [5, 5.41) is 3.93. The topological polar surface area (TPSA) is 64.2 Å². The molecule has 0 spiro atoms. The van der Waals surface area contributed by atoms with Crippen LogP contribution in [0.15, 0.2) is 16.9 Å². The lowest BCUT2D eigenvalue weighted by molar-refractivity contribution is -0.132. The third-order valence-electron chi connectivity index (χ3n) is 4.76. The summed E-state index contributed by atoms with van der Waals surface area (Å²) in [6.45, 7) is 8.37. The van der Waals surface area contributed by atoms with E-state index in [-0.39, 0.29) is 5.91 Å². The molecule has 6 heteroatoms. The Morgan fingerprint density at radius 2 is 2.22 bits per heavy atom. The van der Waals surface area contributed by atoms with Crippen molar-refractivity contribution in [3.05, 3.63) is 35.2 Å². The fourth-order valence-electron chi connectivity index (χ4n) is 3.33. The molecule has 1 atom stereocenters. The number of nitrogens with zero attached hydrogens (tertiary/aromatic N) is 4. The molecule has 1 saturated heterocycles. The largest absolute Gasteiger partial charge is 0.361 e. The summed E-state index contributed by atoms with van der Waals surface area (Å²) >= 11 is 0. The lowest BCUT2D eigenvalue weighted by atomic mass is 9.97. The van der Waals surface area contributed by atoms with Crippen molar-refractivity contribution in [1.29, 1.82) is 0 Å². The Hall–Kier alpha value is -2.11. The van der Waals surface area contributed by atoms with E-state index in [1.165, 1.54) is 0 Å². The van der Waals surface area contributed by atoms with E-state index in [4.69, 9.17) is 4.52 Å². The first kappa shape index (κ1) is 15.8. The standard InChI is InChI=1S/C17H24N4O2/c1-12-16(13(2)23-19-12)9-17(22)21-7-4-5-15(11-21)10-20-8-6-18-14(20)3/h6,8,15H,4-5,7,9-11H2,1-3H3/t15-/m1/s1. The average Bonchev–Trinajstić information content (AvgIpc) is 3.08. The van der Waals surface area contributed by atoms with Crippen LogP contribution >= 0.6 is 0 Å². The molecule has 124 valence electrons. The van der Waals surface area contributed by atoms with Crippen LogP contribution in [0.4, 0.5) is 0 Å². The molecule has 3 rings (SSSR count). The van der Waals surface area contributed by atoms with E-state index >= 15 is 0 Å². The van der Waals surface area contributed by atoms with Gasteiger partial charge in [-0.05, 0) is 39.5 Å². The summed E-state index contributed by atoms with van der Waals surface area (Å²) in [4.78, 5) is 18.9. The molecule has 0 saturated carbocycles. The SMILES string of the molecule is Cc1noc(C)c1CC(=O)N1CCC[C@H](Cn2ccnc2C)C1. The van der Waals surface area contributed by atoms with Gasteiger partial charge in [0.25, 0.3) is 0 Å². The van der Waals surface area contributed by atoms with Gasteiger partial charge in [-0.15, -0.1) is 0 Å². The highest BCUT2D eigenvalue weighted by Crippen LogP contribution is 2.21. The number of piperidine rings is 1. The summed E-state index contributed by atoms with van der Waals surface area (Å²) in [6.07, 6.45) is 6.45. The normalized spacial score (nSPS) is 18.4. The molecule has 0 unspecified atom stereocenters. The Labute approximate surface area is 136 Å². The Balaban J connectivity index is 1.62. The van der Waals surface area contributed by atoms with Crippen molar-refractivity contribution in [2.75, 3.05) is 13.1 Å². The minimum absolute atomic E-state index is 0.173. The van der Waals surface area contributed by atoms with E-state index in [9.17, 15) is 4.79 Å². The van der Waals surface area contributed by atoms with Crippen LogP contribution in [0.3, 0.4) is 0 Å². The summed E-state index contributed by atoms with van der Waals surface area (Å²) in [5.41, 5.74) is 1.75. The van der Waals surface area contributed by atoms with E-state index in [1.54, 1.807) is 0 Å². The molecule has 1 amide bonds. The highest BCUT2D eigenvalue weighted by Gasteiger charge is 2.25. The number of carbonyl (C=O) groups is 1. The molecule has 3 heterocycles. The second-order valence-corrected chi connectivity index (χ2v) is 6.45. The van der Waals surface area contributed by atoms with Gasteiger partial charge in [0.1, 0.15) is 11.6 Å². The Kier molecular flexibility index (Phi) is 4.50. The van der Waals surface area contributed by atoms with Crippen LogP contribution in [-0.4, -0.2) is 38.6 Å². The van der Waals surface area contributed by atoms with Gasteiger partial charge in [0.2, 0.25) is 5.91 Å². The number of aryl methyl sites for hydroxylation is 3. The van der Waals surface area contributed by atoms with E-state index in [0.29, 0.717) is 12.3 Å². The maximum absolute atomic E-state index is 12.6. The van der Waals surface area contributed by atoms with Crippen LogP contribution in [0.1, 0.15) is 35.7 Å². The number of hydrogen-bond acceptors (Lipinski definition) is 4. The molecule has 23 heavy (non-hydrogen) atoms. The maximum Gasteiger partial charge on any atom is 0.227 e. The third kappa shape index (κ3) is 3.46. The van der Waals surface area contributed by atoms with Gasteiger partial charge in [0, 0.05) is 37.6 Å². The van der Waals surface area contributed by atoms with E-state index < -0.39 is 0 Å². The van der Waals surface area contributed by atoms with Gasteiger partial charge in [0.15, 0.2) is 0 Å². The monoisotopic (exact) mass is 316 g/mol. The zero-order valence-electron chi connectivity index (χ0n) is 14.1. The van der Waals surface area contributed by atoms with Gasteiger partial charge in [-0.1, -0.05) is 5.16 Å². The Morgan fingerprint density at radius 1 is 1.39 bits per heavy atom. The lowest BCUT2D eigenvalue weighted by Gasteiger charge is -2.33. The fourth-order valence-corrected chi connectivity index (χ4v) is 3.33. The van der Waals surface area contributed by atoms with Gasteiger partial charge >= 0.3 is 0 Å². The number of carbonyl (C=O) groups excluding carboxylic acids is 1. The highest BCUT2D eigenvalue weighted by molar-refractivity contribution is 5.79. The van der Waals surface area contributed by atoms with Crippen LogP contribution in [0.5, 0.6) is 0 Å².